The van der Waals surface area contributed by atoms with Gasteiger partial charge in [-0.05, 0) is 13.3 Å². The number of carbonyl (C=O) groups excluding carboxylic acids is 1. The molecule has 0 amide bonds. The minimum Gasteiger partial charge on any atom is -0.459 e. The van der Waals surface area contributed by atoms with Crippen molar-refractivity contribution in [3.63, 3.8) is 0 Å². The zero-order valence-corrected chi connectivity index (χ0v) is 9.10. The molecule has 0 aliphatic rings. The van der Waals surface area contributed by atoms with Gasteiger partial charge in [-0.15, -0.1) is 12.4 Å². The van der Waals surface area contributed by atoms with Crippen LogP contribution in [-0.2, 0) is 14.3 Å². The molecule has 0 saturated carbocycles. The van der Waals surface area contributed by atoms with E-state index in [-0.39, 0.29) is 24.5 Å². The summed E-state index contributed by atoms with van der Waals surface area (Å²) in [6.45, 7) is 4.01. The third kappa shape index (κ3) is 6.81. The molecular formula is C8H18ClNO3. The van der Waals surface area contributed by atoms with Crippen molar-refractivity contribution in [3.05, 3.63) is 0 Å². The van der Waals surface area contributed by atoms with Crippen molar-refractivity contribution in [2.75, 3.05) is 13.7 Å². The van der Waals surface area contributed by atoms with Crippen LogP contribution in [0.4, 0.5) is 0 Å². The molecule has 2 N–H and O–H groups in total. The standard InChI is InChI=1S/C8H17NO3.ClH/c1-4-7(9)8(10)12-6(2)5-11-3;/h6-7H,4-5,9H2,1-3H3;1H/t6-,7?;/m0./s1. The molecule has 0 heterocycles. The van der Waals surface area contributed by atoms with Crippen molar-refractivity contribution < 1.29 is 14.3 Å². The summed E-state index contributed by atoms with van der Waals surface area (Å²) in [5.41, 5.74) is 5.45. The molecule has 0 aliphatic heterocycles. The van der Waals surface area contributed by atoms with Crippen molar-refractivity contribution in [3.8, 4) is 0 Å². The van der Waals surface area contributed by atoms with Gasteiger partial charge in [0.15, 0.2) is 0 Å². The highest BCUT2D eigenvalue weighted by Crippen LogP contribution is 1.96. The molecule has 13 heavy (non-hydrogen) atoms. The van der Waals surface area contributed by atoms with Crippen molar-refractivity contribution in [2.24, 2.45) is 5.73 Å². The van der Waals surface area contributed by atoms with Gasteiger partial charge >= 0.3 is 5.97 Å². The Kier molecular flexibility index (Phi) is 9.67. The van der Waals surface area contributed by atoms with Crippen molar-refractivity contribution in [1.82, 2.24) is 0 Å². The van der Waals surface area contributed by atoms with Gasteiger partial charge in [-0.3, -0.25) is 4.79 Å². The second kappa shape index (κ2) is 8.29. The Bertz CT molecular complexity index is 143. The maximum Gasteiger partial charge on any atom is 0.323 e. The van der Waals surface area contributed by atoms with E-state index < -0.39 is 6.04 Å². The lowest BCUT2D eigenvalue weighted by molar-refractivity contribution is -0.152. The van der Waals surface area contributed by atoms with Crippen LogP contribution in [0.25, 0.3) is 0 Å². The van der Waals surface area contributed by atoms with Crippen LogP contribution in [-0.4, -0.2) is 31.8 Å². The second-order valence-corrected chi connectivity index (χ2v) is 2.72. The first-order chi connectivity index (χ1) is 5.61. The topological polar surface area (TPSA) is 61.6 Å². The predicted molar refractivity (Wildman–Crippen MR) is 52.9 cm³/mol. The van der Waals surface area contributed by atoms with E-state index in [0.717, 1.165) is 0 Å². The molecule has 4 nitrogen and oxygen atoms in total. The van der Waals surface area contributed by atoms with Gasteiger partial charge in [0.1, 0.15) is 12.1 Å². The van der Waals surface area contributed by atoms with E-state index in [9.17, 15) is 4.79 Å². The number of carbonyl (C=O) groups is 1. The highest BCUT2D eigenvalue weighted by atomic mass is 35.5. The second-order valence-electron chi connectivity index (χ2n) is 2.72. The molecule has 0 aromatic carbocycles. The van der Waals surface area contributed by atoms with Crippen LogP contribution in [0, 0.1) is 0 Å². The zero-order chi connectivity index (χ0) is 9.56. The Labute approximate surface area is 85.2 Å². The smallest absolute Gasteiger partial charge is 0.323 e. The number of hydrogen-bond donors (Lipinski definition) is 1. The van der Waals surface area contributed by atoms with Crippen LogP contribution in [0.5, 0.6) is 0 Å². The van der Waals surface area contributed by atoms with Crippen molar-refractivity contribution in [1.29, 1.82) is 0 Å². The largest absolute Gasteiger partial charge is 0.459 e. The number of rotatable bonds is 5. The third-order valence-electron chi connectivity index (χ3n) is 1.46. The lowest BCUT2D eigenvalue weighted by atomic mass is 10.2. The molecule has 0 rings (SSSR count). The minimum absolute atomic E-state index is 0. The lowest BCUT2D eigenvalue weighted by Crippen LogP contribution is -2.34. The van der Waals surface area contributed by atoms with Gasteiger partial charge in [0.05, 0.1) is 6.61 Å². The first-order valence-electron chi connectivity index (χ1n) is 4.06. The predicted octanol–water partition coefficient (Wildman–Crippen LogP) is 0.724. The normalized spacial score (nSPS) is 14.2. The summed E-state index contributed by atoms with van der Waals surface area (Å²) in [4.78, 5) is 11.1. The Morgan fingerprint density at radius 1 is 1.54 bits per heavy atom. The molecule has 0 spiro atoms. The third-order valence-corrected chi connectivity index (χ3v) is 1.46. The van der Waals surface area contributed by atoms with E-state index in [4.69, 9.17) is 15.2 Å². The van der Waals surface area contributed by atoms with Crippen molar-refractivity contribution >= 4 is 18.4 Å². The summed E-state index contributed by atoms with van der Waals surface area (Å²) >= 11 is 0. The summed E-state index contributed by atoms with van der Waals surface area (Å²) in [6, 6.07) is -0.510. The SMILES string of the molecule is CCC(N)C(=O)O[C@@H](C)COC.Cl. The molecule has 5 heteroatoms. The number of halogens is 1. The molecule has 0 radical (unpaired) electrons. The monoisotopic (exact) mass is 211 g/mol. The first kappa shape index (κ1) is 15.2. The molecule has 1 unspecified atom stereocenters. The Morgan fingerprint density at radius 2 is 2.08 bits per heavy atom. The highest BCUT2D eigenvalue weighted by Gasteiger charge is 2.15. The molecule has 0 aromatic heterocycles. The molecule has 0 bridgehead atoms. The molecule has 0 saturated heterocycles. The molecule has 0 aromatic rings. The highest BCUT2D eigenvalue weighted by molar-refractivity contribution is 5.85. The van der Waals surface area contributed by atoms with Gasteiger partial charge in [0.2, 0.25) is 0 Å². The van der Waals surface area contributed by atoms with Crippen LogP contribution < -0.4 is 5.73 Å². The van der Waals surface area contributed by atoms with Gasteiger partial charge in [0.25, 0.3) is 0 Å². The molecule has 80 valence electrons. The van der Waals surface area contributed by atoms with E-state index in [1.807, 2.05) is 6.92 Å². The number of methoxy groups -OCH3 is 1. The molecule has 2 atom stereocenters. The number of nitrogens with two attached hydrogens (primary N) is 1. The number of ether oxygens (including phenoxy) is 2. The minimum atomic E-state index is -0.510. The van der Waals surface area contributed by atoms with E-state index in [1.165, 1.54) is 0 Å². The lowest BCUT2D eigenvalue weighted by Gasteiger charge is -2.14. The zero-order valence-electron chi connectivity index (χ0n) is 8.28. The Morgan fingerprint density at radius 3 is 2.46 bits per heavy atom. The summed E-state index contributed by atoms with van der Waals surface area (Å²) in [7, 11) is 1.56. The molecule has 0 aliphatic carbocycles. The maximum absolute atomic E-state index is 11.1. The van der Waals surface area contributed by atoms with Crippen molar-refractivity contribution in [2.45, 2.75) is 32.4 Å². The Balaban J connectivity index is 0. The fourth-order valence-corrected chi connectivity index (χ4v) is 0.721. The summed E-state index contributed by atoms with van der Waals surface area (Å²) in [5, 5.41) is 0. The van der Waals surface area contributed by atoms with Crippen LogP contribution in [0.3, 0.4) is 0 Å². The van der Waals surface area contributed by atoms with Gasteiger partial charge < -0.3 is 15.2 Å². The van der Waals surface area contributed by atoms with Crippen LogP contribution in [0.1, 0.15) is 20.3 Å². The van der Waals surface area contributed by atoms with Gasteiger partial charge in [-0.25, -0.2) is 0 Å². The van der Waals surface area contributed by atoms with Crippen LogP contribution in [0.15, 0.2) is 0 Å². The summed E-state index contributed by atoms with van der Waals surface area (Å²) < 4.78 is 9.75. The van der Waals surface area contributed by atoms with E-state index >= 15 is 0 Å². The average molecular weight is 212 g/mol. The number of hydrogen-bond acceptors (Lipinski definition) is 4. The average Bonchev–Trinajstić information content (AvgIpc) is 2.03. The quantitative estimate of drug-likeness (QED) is 0.681. The van der Waals surface area contributed by atoms with Gasteiger partial charge in [0, 0.05) is 7.11 Å². The molecule has 0 fully saturated rings. The fourth-order valence-electron chi connectivity index (χ4n) is 0.721. The maximum atomic E-state index is 11.1. The van der Waals surface area contributed by atoms with E-state index in [2.05, 4.69) is 0 Å². The summed E-state index contributed by atoms with van der Waals surface area (Å²) in [6.07, 6.45) is 0.374. The van der Waals surface area contributed by atoms with E-state index in [0.29, 0.717) is 13.0 Å². The molecular weight excluding hydrogens is 194 g/mol. The van der Waals surface area contributed by atoms with Crippen LogP contribution >= 0.6 is 12.4 Å². The fraction of sp³-hybridized carbons (Fsp3) is 0.875. The van der Waals surface area contributed by atoms with Gasteiger partial charge in [-0.2, -0.15) is 0 Å². The van der Waals surface area contributed by atoms with E-state index in [1.54, 1.807) is 14.0 Å². The number of esters is 1. The summed E-state index contributed by atoms with van der Waals surface area (Å²) in [5.74, 6) is -0.359. The van der Waals surface area contributed by atoms with Crippen LogP contribution in [0.2, 0.25) is 0 Å². The first-order valence-corrected chi connectivity index (χ1v) is 4.06. The van der Waals surface area contributed by atoms with Gasteiger partial charge in [-0.1, -0.05) is 6.92 Å². The Hall–Kier alpha value is -0.320.